The van der Waals surface area contributed by atoms with Gasteiger partial charge >= 0.3 is 5.97 Å². The summed E-state index contributed by atoms with van der Waals surface area (Å²) in [6.07, 6.45) is 3.92. The van der Waals surface area contributed by atoms with Crippen molar-refractivity contribution >= 4 is 17.7 Å². The van der Waals surface area contributed by atoms with Crippen LogP contribution in [0, 0.1) is 0 Å². The Kier molecular flexibility index (Phi) is 5.03. The number of benzene rings is 1. The van der Waals surface area contributed by atoms with Gasteiger partial charge in [-0.1, -0.05) is 0 Å². The molecule has 2 rings (SSSR count). The van der Waals surface area contributed by atoms with Crippen LogP contribution in [0.3, 0.4) is 0 Å². The van der Waals surface area contributed by atoms with Crippen molar-refractivity contribution in [2.24, 2.45) is 0 Å². The molecule has 120 valence electrons. The number of rotatable bonds is 6. The van der Waals surface area contributed by atoms with Crippen molar-refractivity contribution in [3.05, 3.63) is 42.1 Å². The zero-order valence-corrected chi connectivity index (χ0v) is 12.6. The smallest absolute Gasteiger partial charge is 0.328 e. The molecule has 0 saturated heterocycles. The van der Waals surface area contributed by atoms with Crippen molar-refractivity contribution in [3.63, 3.8) is 0 Å². The lowest BCUT2D eigenvalue weighted by molar-refractivity contribution is -0.131. The van der Waals surface area contributed by atoms with Gasteiger partial charge in [0.2, 0.25) is 11.6 Å². The maximum atomic E-state index is 10.6. The van der Waals surface area contributed by atoms with Gasteiger partial charge in [0.15, 0.2) is 11.5 Å². The Hall–Kier alpha value is -3.22. The first-order chi connectivity index (χ1) is 11.0. The van der Waals surface area contributed by atoms with Gasteiger partial charge in [-0.2, -0.15) is 0 Å². The third-order valence-corrected chi connectivity index (χ3v) is 2.87. The predicted octanol–water partition coefficient (Wildman–Crippen LogP) is 2.57. The Morgan fingerprint density at radius 1 is 1.22 bits per heavy atom. The number of anilines is 1. The fourth-order valence-corrected chi connectivity index (χ4v) is 1.82. The van der Waals surface area contributed by atoms with E-state index in [9.17, 15) is 4.79 Å². The first-order valence-electron chi connectivity index (χ1n) is 6.60. The number of nitrogen functional groups attached to an aromatic ring is 1. The van der Waals surface area contributed by atoms with Crippen molar-refractivity contribution in [1.82, 2.24) is 4.98 Å². The second kappa shape index (κ2) is 7.17. The van der Waals surface area contributed by atoms with Crippen LogP contribution >= 0.6 is 0 Å². The molecular formula is C16H16N2O5. The van der Waals surface area contributed by atoms with Crippen LogP contribution in [0.5, 0.6) is 23.1 Å². The Labute approximate surface area is 132 Å². The molecular weight excluding hydrogens is 300 g/mol. The summed E-state index contributed by atoms with van der Waals surface area (Å²) in [6, 6.07) is 6.54. The summed E-state index contributed by atoms with van der Waals surface area (Å²) in [7, 11) is 2.95. The minimum atomic E-state index is -1.05. The van der Waals surface area contributed by atoms with Gasteiger partial charge in [0.05, 0.1) is 26.1 Å². The van der Waals surface area contributed by atoms with E-state index in [0.717, 1.165) is 6.08 Å². The monoisotopic (exact) mass is 316 g/mol. The summed E-state index contributed by atoms with van der Waals surface area (Å²) >= 11 is 0. The van der Waals surface area contributed by atoms with Crippen molar-refractivity contribution in [3.8, 4) is 23.1 Å². The number of nitrogens with zero attached hydrogens (tertiary/aromatic N) is 1. The molecule has 0 radical (unpaired) electrons. The second-order valence-electron chi connectivity index (χ2n) is 4.46. The Bertz CT molecular complexity index is 701. The number of hydrogen-bond donors (Lipinski definition) is 2. The van der Waals surface area contributed by atoms with Gasteiger partial charge in [0.25, 0.3) is 0 Å². The standard InChI is InChI=1S/C16H16N2O5/c1-21-12-7-10(3-6-15(19)20)8-13(22-2)16(12)23-14-5-4-11(17)9-18-14/h3-9H,17H2,1-2H3,(H,19,20)/b6-3+. The summed E-state index contributed by atoms with van der Waals surface area (Å²) < 4.78 is 16.3. The quantitative estimate of drug-likeness (QED) is 0.789. The van der Waals surface area contributed by atoms with Crippen LogP contribution in [0.2, 0.25) is 0 Å². The lowest BCUT2D eigenvalue weighted by atomic mass is 10.1. The molecule has 2 aromatic rings. The van der Waals surface area contributed by atoms with E-state index in [4.69, 9.17) is 25.1 Å². The second-order valence-corrected chi connectivity index (χ2v) is 4.46. The van der Waals surface area contributed by atoms with Gasteiger partial charge in [-0.05, 0) is 29.8 Å². The van der Waals surface area contributed by atoms with Gasteiger partial charge in [-0.15, -0.1) is 0 Å². The Morgan fingerprint density at radius 2 is 1.87 bits per heavy atom. The number of aliphatic carboxylic acids is 1. The maximum absolute atomic E-state index is 10.6. The van der Waals surface area contributed by atoms with Crippen LogP contribution in [0.4, 0.5) is 5.69 Å². The average molecular weight is 316 g/mol. The molecule has 3 N–H and O–H groups in total. The zero-order chi connectivity index (χ0) is 16.8. The third-order valence-electron chi connectivity index (χ3n) is 2.87. The largest absolute Gasteiger partial charge is 0.493 e. The molecule has 0 amide bonds. The fourth-order valence-electron chi connectivity index (χ4n) is 1.82. The number of ether oxygens (including phenoxy) is 3. The number of nitrogens with two attached hydrogens (primary N) is 1. The number of carboxylic acids is 1. The molecule has 7 heteroatoms. The SMILES string of the molecule is COc1cc(/C=C/C(=O)O)cc(OC)c1Oc1ccc(N)cn1. The highest BCUT2D eigenvalue weighted by Crippen LogP contribution is 2.41. The first-order valence-corrected chi connectivity index (χ1v) is 6.60. The van der Waals surface area contributed by atoms with Crippen molar-refractivity contribution in [2.75, 3.05) is 20.0 Å². The Morgan fingerprint density at radius 3 is 2.35 bits per heavy atom. The first kappa shape index (κ1) is 16.2. The highest BCUT2D eigenvalue weighted by molar-refractivity contribution is 5.85. The molecule has 0 saturated carbocycles. The van der Waals surface area contributed by atoms with Crippen molar-refractivity contribution in [1.29, 1.82) is 0 Å². The topological polar surface area (TPSA) is 104 Å². The molecule has 0 aliphatic heterocycles. The summed E-state index contributed by atoms with van der Waals surface area (Å²) in [4.78, 5) is 14.7. The number of pyridine rings is 1. The summed E-state index contributed by atoms with van der Waals surface area (Å²) in [6.45, 7) is 0. The van der Waals surface area contributed by atoms with Crippen LogP contribution < -0.4 is 19.9 Å². The van der Waals surface area contributed by atoms with E-state index in [1.807, 2.05) is 0 Å². The number of hydrogen-bond acceptors (Lipinski definition) is 6. The van der Waals surface area contributed by atoms with E-state index in [1.165, 1.54) is 26.5 Å². The van der Waals surface area contributed by atoms with Crippen LogP contribution in [0.15, 0.2) is 36.5 Å². The van der Waals surface area contributed by atoms with E-state index in [0.29, 0.717) is 34.4 Å². The van der Waals surface area contributed by atoms with Crippen molar-refractivity contribution < 1.29 is 24.1 Å². The summed E-state index contributed by atoms with van der Waals surface area (Å²) in [5.41, 5.74) is 6.70. The fraction of sp³-hybridized carbons (Fsp3) is 0.125. The zero-order valence-electron chi connectivity index (χ0n) is 12.6. The normalized spacial score (nSPS) is 10.5. The lowest BCUT2D eigenvalue weighted by Gasteiger charge is -2.14. The molecule has 0 fully saturated rings. The highest BCUT2D eigenvalue weighted by atomic mass is 16.5. The maximum Gasteiger partial charge on any atom is 0.328 e. The minimum Gasteiger partial charge on any atom is -0.493 e. The highest BCUT2D eigenvalue weighted by Gasteiger charge is 2.15. The number of methoxy groups -OCH3 is 2. The molecule has 0 atom stereocenters. The van der Waals surface area contributed by atoms with Crippen molar-refractivity contribution in [2.45, 2.75) is 0 Å². The number of aromatic nitrogens is 1. The molecule has 0 spiro atoms. The minimum absolute atomic E-state index is 0.324. The molecule has 1 aromatic heterocycles. The van der Waals surface area contributed by atoms with E-state index in [1.54, 1.807) is 24.3 Å². The van der Waals surface area contributed by atoms with Gasteiger partial charge in [0, 0.05) is 12.1 Å². The summed E-state index contributed by atoms with van der Waals surface area (Å²) in [5.74, 6) is 0.375. The number of carbonyl (C=O) groups is 1. The third kappa shape index (κ3) is 4.13. The predicted molar refractivity (Wildman–Crippen MR) is 84.9 cm³/mol. The van der Waals surface area contributed by atoms with Crippen LogP contribution in [-0.4, -0.2) is 30.3 Å². The average Bonchev–Trinajstić information content (AvgIpc) is 2.55. The molecule has 1 aromatic carbocycles. The van der Waals surface area contributed by atoms with E-state index in [-0.39, 0.29) is 0 Å². The van der Waals surface area contributed by atoms with E-state index >= 15 is 0 Å². The molecule has 0 bridgehead atoms. The van der Waals surface area contributed by atoms with Crippen LogP contribution in [-0.2, 0) is 4.79 Å². The van der Waals surface area contributed by atoms with Crippen LogP contribution in [0.25, 0.3) is 6.08 Å². The molecule has 1 heterocycles. The van der Waals surface area contributed by atoms with E-state index < -0.39 is 5.97 Å². The number of carboxylic acid groups (broad SMARTS) is 1. The Balaban J connectivity index is 2.41. The lowest BCUT2D eigenvalue weighted by Crippen LogP contribution is -1.97. The summed E-state index contributed by atoms with van der Waals surface area (Å²) in [5, 5.41) is 8.71. The van der Waals surface area contributed by atoms with Gasteiger partial charge in [-0.25, -0.2) is 9.78 Å². The van der Waals surface area contributed by atoms with E-state index in [2.05, 4.69) is 4.98 Å². The van der Waals surface area contributed by atoms with Gasteiger partial charge in [-0.3, -0.25) is 0 Å². The van der Waals surface area contributed by atoms with Crippen LogP contribution in [0.1, 0.15) is 5.56 Å². The molecule has 0 aliphatic rings. The molecule has 0 unspecified atom stereocenters. The molecule has 7 nitrogen and oxygen atoms in total. The van der Waals surface area contributed by atoms with Gasteiger partial charge < -0.3 is 25.1 Å². The van der Waals surface area contributed by atoms with Gasteiger partial charge in [0.1, 0.15) is 0 Å². The molecule has 0 aliphatic carbocycles. The molecule has 23 heavy (non-hydrogen) atoms.